The Hall–Kier alpha value is -1.57. The van der Waals surface area contributed by atoms with Gasteiger partial charge in [0.25, 0.3) is 0 Å². The monoisotopic (exact) mass is 367 g/mol. The number of nitrogens with zero attached hydrogens (tertiary/aromatic N) is 2. The molecule has 0 aliphatic heterocycles. The molecule has 2 aromatic heterocycles. The Bertz CT molecular complexity index is 830. The predicted octanol–water partition coefficient (Wildman–Crippen LogP) is 4.90. The molecular weight excluding hydrogens is 338 g/mol. The van der Waals surface area contributed by atoms with Crippen LogP contribution in [0.2, 0.25) is 0 Å². The van der Waals surface area contributed by atoms with Gasteiger partial charge in [-0.1, -0.05) is 5.92 Å². The minimum Gasteiger partial charge on any atom is -0.380 e. The summed E-state index contributed by atoms with van der Waals surface area (Å²) >= 11 is 1.85. The van der Waals surface area contributed by atoms with E-state index >= 15 is 0 Å². The van der Waals surface area contributed by atoms with Crippen molar-refractivity contribution in [2.45, 2.75) is 64.0 Å². The highest BCUT2D eigenvalue weighted by Gasteiger charge is 2.26. The lowest BCUT2D eigenvalue weighted by atomic mass is 9.90. The van der Waals surface area contributed by atoms with Crippen molar-refractivity contribution >= 4 is 27.1 Å². The molecule has 2 heterocycles. The van der Waals surface area contributed by atoms with Gasteiger partial charge in [-0.3, -0.25) is 4.98 Å². The van der Waals surface area contributed by atoms with Gasteiger partial charge in [0.05, 0.1) is 21.5 Å². The Balaban J connectivity index is 1.58. The molecule has 0 saturated heterocycles. The van der Waals surface area contributed by atoms with E-state index < -0.39 is 0 Å². The van der Waals surface area contributed by atoms with Gasteiger partial charge >= 0.3 is 0 Å². The molecule has 0 unspecified atom stereocenters. The maximum atomic E-state index is 4.57. The molecule has 0 aromatic carbocycles. The van der Waals surface area contributed by atoms with Crippen molar-refractivity contribution in [3.05, 3.63) is 22.8 Å². The summed E-state index contributed by atoms with van der Waals surface area (Å²) in [4.78, 5) is 8.20. The predicted molar refractivity (Wildman–Crippen MR) is 112 cm³/mol. The van der Waals surface area contributed by atoms with Crippen molar-refractivity contribution in [2.24, 2.45) is 5.92 Å². The molecule has 0 radical (unpaired) electrons. The molecule has 138 valence electrons. The Morgan fingerprint density at radius 2 is 1.92 bits per heavy atom. The highest BCUT2D eigenvalue weighted by Crippen LogP contribution is 2.41. The topological polar surface area (TPSA) is 28.2 Å². The zero-order valence-corrected chi connectivity index (χ0v) is 17.0. The zero-order chi connectivity index (χ0) is 18.1. The molecular formula is C22H29N3S. The number of fused-ring (bicyclic) bond motifs is 1. The molecule has 1 N–H and O–H groups in total. The van der Waals surface area contributed by atoms with Crippen LogP contribution < -0.4 is 5.32 Å². The maximum Gasteiger partial charge on any atom is 0.0814 e. The molecule has 26 heavy (non-hydrogen) atoms. The van der Waals surface area contributed by atoms with E-state index in [0.29, 0.717) is 6.04 Å². The van der Waals surface area contributed by atoms with E-state index in [0.717, 1.165) is 12.0 Å². The second kappa shape index (κ2) is 7.58. The first-order valence-electron chi connectivity index (χ1n) is 9.90. The van der Waals surface area contributed by atoms with Crippen LogP contribution in [0, 0.1) is 17.8 Å². The molecule has 2 saturated carbocycles. The van der Waals surface area contributed by atoms with Gasteiger partial charge in [-0.05, 0) is 77.4 Å². The first-order chi connectivity index (χ1) is 12.7. The van der Waals surface area contributed by atoms with Gasteiger partial charge < -0.3 is 10.2 Å². The van der Waals surface area contributed by atoms with Gasteiger partial charge in [0.15, 0.2) is 0 Å². The minimum atomic E-state index is 0.563. The second-order valence-corrected chi connectivity index (χ2v) is 9.13. The zero-order valence-electron chi connectivity index (χ0n) is 16.1. The summed E-state index contributed by atoms with van der Waals surface area (Å²) in [5.74, 6) is 7.33. The number of pyridine rings is 1. The first-order valence-corrected chi connectivity index (χ1v) is 10.7. The molecule has 0 atom stereocenters. The highest BCUT2D eigenvalue weighted by atomic mass is 32.1. The fourth-order valence-corrected chi connectivity index (χ4v) is 5.33. The lowest BCUT2D eigenvalue weighted by Gasteiger charge is -2.33. The van der Waals surface area contributed by atoms with E-state index in [-0.39, 0.29) is 0 Å². The van der Waals surface area contributed by atoms with Crippen LogP contribution in [0.3, 0.4) is 0 Å². The van der Waals surface area contributed by atoms with Gasteiger partial charge in [-0.15, -0.1) is 17.3 Å². The van der Waals surface area contributed by atoms with Gasteiger partial charge in [0.1, 0.15) is 0 Å². The highest BCUT2D eigenvalue weighted by molar-refractivity contribution is 7.20. The SMILES string of the molecule is CC#Cc1sc2c(NC3CCC(N(C)C)CC3)cncc2c1CC1CC1. The van der Waals surface area contributed by atoms with Crippen molar-refractivity contribution in [3.8, 4) is 11.8 Å². The molecule has 0 spiro atoms. The summed E-state index contributed by atoms with van der Waals surface area (Å²) in [5.41, 5.74) is 2.65. The summed E-state index contributed by atoms with van der Waals surface area (Å²) in [6.45, 7) is 1.94. The Morgan fingerprint density at radius 1 is 1.15 bits per heavy atom. The van der Waals surface area contributed by atoms with Gasteiger partial charge in [0.2, 0.25) is 0 Å². The first kappa shape index (κ1) is 17.8. The molecule has 2 aliphatic rings. The minimum absolute atomic E-state index is 0.563. The quantitative estimate of drug-likeness (QED) is 0.762. The van der Waals surface area contributed by atoms with Crippen LogP contribution in [-0.4, -0.2) is 36.1 Å². The van der Waals surface area contributed by atoms with Crippen LogP contribution in [0.25, 0.3) is 10.1 Å². The van der Waals surface area contributed by atoms with E-state index in [1.165, 1.54) is 71.2 Å². The Kier molecular flexibility index (Phi) is 5.20. The average Bonchev–Trinajstić information content (AvgIpc) is 3.39. The molecule has 2 fully saturated rings. The van der Waals surface area contributed by atoms with Crippen LogP contribution in [-0.2, 0) is 6.42 Å². The van der Waals surface area contributed by atoms with Gasteiger partial charge in [-0.25, -0.2) is 0 Å². The number of thiophene rings is 1. The third kappa shape index (κ3) is 3.75. The van der Waals surface area contributed by atoms with E-state index in [9.17, 15) is 0 Å². The maximum absolute atomic E-state index is 4.57. The normalized spacial score (nSPS) is 23.1. The van der Waals surface area contributed by atoms with Crippen LogP contribution in [0.4, 0.5) is 5.69 Å². The Morgan fingerprint density at radius 3 is 2.58 bits per heavy atom. The summed E-state index contributed by atoms with van der Waals surface area (Å²) < 4.78 is 1.35. The van der Waals surface area contributed by atoms with E-state index in [2.05, 4.69) is 47.3 Å². The number of hydrogen-bond donors (Lipinski definition) is 1. The molecule has 0 amide bonds. The van der Waals surface area contributed by atoms with E-state index in [4.69, 9.17) is 0 Å². The molecule has 4 heteroatoms. The number of hydrogen-bond acceptors (Lipinski definition) is 4. The molecule has 3 nitrogen and oxygen atoms in total. The fraction of sp³-hybridized carbons (Fsp3) is 0.591. The van der Waals surface area contributed by atoms with E-state index in [1.54, 1.807) is 0 Å². The van der Waals surface area contributed by atoms with Crippen LogP contribution >= 0.6 is 11.3 Å². The van der Waals surface area contributed by atoms with Crippen molar-refractivity contribution in [3.63, 3.8) is 0 Å². The van der Waals surface area contributed by atoms with Crippen molar-refractivity contribution in [2.75, 3.05) is 19.4 Å². The largest absolute Gasteiger partial charge is 0.380 e. The number of nitrogens with one attached hydrogen (secondary N) is 1. The smallest absolute Gasteiger partial charge is 0.0814 e. The van der Waals surface area contributed by atoms with Gasteiger partial charge in [0, 0.05) is 23.7 Å². The number of aromatic nitrogens is 1. The molecule has 0 bridgehead atoms. The van der Waals surface area contributed by atoms with Crippen molar-refractivity contribution in [1.82, 2.24) is 9.88 Å². The van der Waals surface area contributed by atoms with Crippen molar-refractivity contribution < 1.29 is 0 Å². The third-order valence-corrected chi connectivity index (χ3v) is 7.11. The summed E-state index contributed by atoms with van der Waals surface area (Å²) in [6.07, 6.45) is 13.0. The molecule has 2 aliphatic carbocycles. The Labute approximate surface area is 161 Å². The fourth-order valence-electron chi connectivity index (χ4n) is 4.15. The lowest BCUT2D eigenvalue weighted by molar-refractivity contribution is 0.221. The lowest BCUT2D eigenvalue weighted by Crippen LogP contribution is -2.36. The summed E-state index contributed by atoms with van der Waals surface area (Å²) in [5, 5.41) is 5.14. The second-order valence-electron chi connectivity index (χ2n) is 8.11. The standard InChI is InChI=1S/C22H29N3S/c1-4-5-21-18(12-15-6-7-15)19-13-23-14-20(22(19)26-21)24-16-8-10-17(11-9-16)25(2)3/h13-17,24H,6-12H2,1-3H3. The van der Waals surface area contributed by atoms with Gasteiger partial charge in [-0.2, -0.15) is 0 Å². The number of anilines is 1. The van der Waals surface area contributed by atoms with Crippen LogP contribution in [0.5, 0.6) is 0 Å². The van der Waals surface area contributed by atoms with E-state index in [1.807, 2.05) is 24.5 Å². The molecule has 4 rings (SSSR count). The number of rotatable bonds is 5. The molecule has 2 aromatic rings. The third-order valence-electron chi connectivity index (χ3n) is 5.91. The van der Waals surface area contributed by atoms with Crippen LogP contribution in [0.1, 0.15) is 55.9 Å². The van der Waals surface area contributed by atoms with Crippen molar-refractivity contribution in [1.29, 1.82) is 0 Å². The summed E-state index contributed by atoms with van der Waals surface area (Å²) in [7, 11) is 4.40. The van der Waals surface area contributed by atoms with Crippen LogP contribution in [0.15, 0.2) is 12.4 Å². The average molecular weight is 368 g/mol. The summed E-state index contributed by atoms with van der Waals surface area (Å²) in [6, 6.07) is 1.30.